The quantitative estimate of drug-likeness (QED) is 0.495. The third kappa shape index (κ3) is 5.68. The van der Waals surface area contributed by atoms with Crippen LogP contribution in [0.1, 0.15) is 37.5 Å². The Kier molecular flexibility index (Phi) is 6.41. The number of hydrogen-bond donors (Lipinski definition) is 2. The Morgan fingerprint density at radius 3 is 2.24 bits per heavy atom. The van der Waals surface area contributed by atoms with Crippen molar-refractivity contribution in [1.82, 2.24) is 5.43 Å². The standard InChI is InChI=1S/C19H20Br2N2O2/c1-19(2,3)14-6-4-12(5-7-14)10-17(24)23-22-11-13-8-15(20)18(25)16(21)9-13/h4-9,11,25H,10H2,1-3H3,(H,23,24)/b22-11-. The third-order valence-corrected chi connectivity index (χ3v) is 4.84. The number of nitrogens with zero attached hydrogens (tertiary/aromatic N) is 1. The second-order valence-corrected chi connectivity index (χ2v) is 8.46. The first-order valence-corrected chi connectivity index (χ1v) is 9.35. The fourth-order valence-corrected chi connectivity index (χ4v) is 3.41. The van der Waals surface area contributed by atoms with Crippen molar-refractivity contribution in [3.63, 3.8) is 0 Å². The van der Waals surface area contributed by atoms with Crippen LogP contribution in [0.3, 0.4) is 0 Å². The summed E-state index contributed by atoms with van der Waals surface area (Å²) in [6.45, 7) is 6.47. The van der Waals surface area contributed by atoms with Crippen LogP contribution in [0.4, 0.5) is 0 Å². The number of carbonyl (C=O) groups excluding carboxylic acids is 1. The lowest BCUT2D eigenvalue weighted by Gasteiger charge is -2.19. The maximum Gasteiger partial charge on any atom is 0.244 e. The fourth-order valence-electron chi connectivity index (χ4n) is 2.19. The summed E-state index contributed by atoms with van der Waals surface area (Å²) in [4.78, 5) is 12.0. The number of hydrazone groups is 1. The molecule has 2 rings (SSSR count). The molecule has 0 aromatic heterocycles. The molecule has 25 heavy (non-hydrogen) atoms. The van der Waals surface area contributed by atoms with Crippen molar-refractivity contribution >= 4 is 44.0 Å². The molecule has 0 aliphatic carbocycles. The molecule has 6 heteroatoms. The van der Waals surface area contributed by atoms with E-state index in [1.54, 1.807) is 12.1 Å². The van der Waals surface area contributed by atoms with E-state index in [1.807, 2.05) is 12.1 Å². The highest BCUT2D eigenvalue weighted by Gasteiger charge is 2.13. The first-order chi connectivity index (χ1) is 11.7. The normalized spacial score (nSPS) is 11.7. The van der Waals surface area contributed by atoms with Crippen molar-refractivity contribution in [1.29, 1.82) is 0 Å². The van der Waals surface area contributed by atoms with Gasteiger partial charge >= 0.3 is 0 Å². The number of amides is 1. The summed E-state index contributed by atoms with van der Waals surface area (Å²) in [6.07, 6.45) is 1.79. The topological polar surface area (TPSA) is 61.7 Å². The van der Waals surface area contributed by atoms with E-state index in [9.17, 15) is 9.90 Å². The van der Waals surface area contributed by atoms with Gasteiger partial charge in [0.15, 0.2) is 0 Å². The number of carbonyl (C=O) groups is 1. The summed E-state index contributed by atoms with van der Waals surface area (Å²) in [5.41, 5.74) is 5.53. The van der Waals surface area contributed by atoms with Crippen LogP contribution in [-0.4, -0.2) is 17.2 Å². The van der Waals surface area contributed by atoms with Gasteiger partial charge in [-0.15, -0.1) is 0 Å². The maximum atomic E-state index is 12.0. The zero-order valence-corrected chi connectivity index (χ0v) is 17.5. The van der Waals surface area contributed by atoms with Crippen LogP contribution in [0.5, 0.6) is 5.75 Å². The summed E-state index contributed by atoms with van der Waals surface area (Å²) >= 11 is 6.51. The smallest absolute Gasteiger partial charge is 0.244 e. The molecule has 4 nitrogen and oxygen atoms in total. The highest BCUT2D eigenvalue weighted by atomic mass is 79.9. The molecule has 0 aliphatic heterocycles. The van der Waals surface area contributed by atoms with Crippen molar-refractivity contribution in [2.24, 2.45) is 5.10 Å². The molecule has 2 aromatic carbocycles. The summed E-state index contributed by atoms with van der Waals surface area (Å²) in [6, 6.07) is 11.5. The molecular formula is C19H20Br2N2O2. The first-order valence-electron chi connectivity index (χ1n) is 7.76. The summed E-state index contributed by atoms with van der Waals surface area (Å²) in [5.74, 6) is -0.0587. The molecule has 2 N–H and O–H groups in total. The Bertz CT molecular complexity index is 771. The molecule has 0 bridgehead atoms. The van der Waals surface area contributed by atoms with Crippen molar-refractivity contribution in [2.45, 2.75) is 32.6 Å². The van der Waals surface area contributed by atoms with E-state index in [-0.39, 0.29) is 23.5 Å². The van der Waals surface area contributed by atoms with Gasteiger partial charge in [-0.3, -0.25) is 4.79 Å². The van der Waals surface area contributed by atoms with Crippen LogP contribution >= 0.6 is 31.9 Å². The van der Waals surface area contributed by atoms with Gasteiger partial charge in [0.2, 0.25) is 5.91 Å². The van der Waals surface area contributed by atoms with Gasteiger partial charge in [-0.2, -0.15) is 5.10 Å². The van der Waals surface area contributed by atoms with Crippen LogP contribution in [0.25, 0.3) is 0 Å². The second-order valence-electron chi connectivity index (χ2n) is 6.75. The number of phenols is 1. The highest BCUT2D eigenvalue weighted by Crippen LogP contribution is 2.32. The number of rotatable bonds is 4. The molecule has 0 saturated carbocycles. The number of phenolic OH excluding ortho intramolecular Hbond substituents is 1. The molecule has 132 valence electrons. The van der Waals surface area contributed by atoms with Gasteiger partial charge in [0, 0.05) is 0 Å². The minimum Gasteiger partial charge on any atom is -0.506 e. The van der Waals surface area contributed by atoms with E-state index >= 15 is 0 Å². The van der Waals surface area contributed by atoms with Crippen LogP contribution in [-0.2, 0) is 16.6 Å². The Labute approximate surface area is 164 Å². The average molecular weight is 468 g/mol. The van der Waals surface area contributed by atoms with E-state index in [1.165, 1.54) is 11.8 Å². The van der Waals surface area contributed by atoms with Crippen molar-refractivity contribution < 1.29 is 9.90 Å². The van der Waals surface area contributed by atoms with Gasteiger partial charge in [0.25, 0.3) is 0 Å². The zero-order chi connectivity index (χ0) is 18.6. The third-order valence-electron chi connectivity index (χ3n) is 3.63. The Hall–Kier alpha value is -1.66. The molecule has 2 aromatic rings. The number of nitrogens with one attached hydrogen (secondary N) is 1. The lowest BCUT2D eigenvalue weighted by atomic mass is 9.86. The number of halogens is 2. The molecule has 0 unspecified atom stereocenters. The molecular weight excluding hydrogens is 448 g/mol. The SMILES string of the molecule is CC(C)(C)c1ccc(CC(=O)N/N=C\c2cc(Br)c(O)c(Br)c2)cc1. The largest absolute Gasteiger partial charge is 0.506 e. The maximum absolute atomic E-state index is 12.0. The minimum atomic E-state index is -0.184. The van der Waals surface area contributed by atoms with E-state index in [2.05, 4.69) is 75.3 Å². The van der Waals surface area contributed by atoms with Gasteiger partial charge < -0.3 is 5.11 Å². The molecule has 0 spiro atoms. The number of aromatic hydroxyl groups is 1. The first kappa shape index (κ1) is 19.7. The van der Waals surface area contributed by atoms with Gasteiger partial charge in [-0.25, -0.2) is 5.43 Å². The van der Waals surface area contributed by atoms with Gasteiger partial charge in [0.1, 0.15) is 5.75 Å². The molecule has 0 saturated heterocycles. The number of hydrogen-bond acceptors (Lipinski definition) is 3. The summed E-state index contributed by atoms with van der Waals surface area (Å²) in [5, 5.41) is 13.6. The van der Waals surface area contributed by atoms with Gasteiger partial charge in [-0.05, 0) is 66.1 Å². The fraction of sp³-hybridized carbons (Fsp3) is 0.263. The second kappa shape index (κ2) is 8.15. The Morgan fingerprint density at radius 1 is 1.16 bits per heavy atom. The predicted octanol–water partition coefficient (Wildman–Crippen LogP) is 4.91. The average Bonchev–Trinajstić information content (AvgIpc) is 2.52. The van der Waals surface area contributed by atoms with Crippen LogP contribution < -0.4 is 5.43 Å². The van der Waals surface area contributed by atoms with E-state index in [0.717, 1.165) is 11.1 Å². The molecule has 0 fully saturated rings. The molecule has 0 atom stereocenters. The zero-order valence-electron chi connectivity index (χ0n) is 14.3. The minimum absolute atomic E-state index is 0.0950. The molecule has 1 amide bonds. The lowest BCUT2D eigenvalue weighted by Crippen LogP contribution is -2.20. The predicted molar refractivity (Wildman–Crippen MR) is 108 cm³/mol. The Balaban J connectivity index is 1.94. The van der Waals surface area contributed by atoms with E-state index < -0.39 is 0 Å². The lowest BCUT2D eigenvalue weighted by molar-refractivity contribution is -0.120. The Morgan fingerprint density at radius 2 is 1.72 bits per heavy atom. The highest BCUT2D eigenvalue weighted by molar-refractivity contribution is 9.11. The van der Waals surface area contributed by atoms with Crippen LogP contribution in [0.2, 0.25) is 0 Å². The number of benzene rings is 2. The van der Waals surface area contributed by atoms with Gasteiger partial charge in [-0.1, -0.05) is 45.0 Å². The summed E-state index contributed by atoms with van der Waals surface area (Å²) in [7, 11) is 0. The van der Waals surface area contributed by atoms with Crippen molar-refractivity contribution in [3.8, 4) is 5.75 Å². The van der Waals surface area contributed by atoms with E-state index in [0.29, 0.717) is 8.95 Å². The van der Waals surface area contributed by atoms with E-state index in [4.69, 9.17) is 0 Å². The van der Waals surface area contributed by atoms with Gasteiger partial charge in [0.05, 0.1) is 21.6 Å². The summed E-state index contributed by atoms with van der Waals surface area (Å²) < 4.78 is 1.10. The van der Waals surface area contributed by atoms with Crippen molar-refractivity contribution in [2.75, 3.05) is 0 Å². The van der Waals surface area contributed by atoms with Crippen molar-refractivity contribution in [3.05, 3.63) is 62.0 Å². The van der Waals surface area contributed by atoms with Crippen LogP contribution in [0, 0.1) is 0 Å². The monoisotopic (exact) mass is 466 g/mol. The van der Waals surface area contributed by atoms with Crippen LogP contribution in [0.15, 0.2) is 50.4 Å². The molecule has 0 aliphatic rings. The molecule has 0 radical (unpaired) electrons. The molecule has 0 heterocycles.